The van der Waals surface area contributed by atoms with E-state index in [0.29, 0.717) is 5.92 Å². The molecule has 0 atom stereocenters. The van der Waals surface area contributed by atoms with Gasteiger partial charge in [-0.2, -0.15) is 0 Å². The van der Waals surface area contributed by atoms with Crippen LogP contribution in [0.3, 0.4) is 0 Å². The van der Waals surface area contributed by atoms with Crippen molar-refractivity contribution in [3.8, 4) is 5.69 Å². The van der Waals surface area contributed by atoms with Crippen LogP contribution >= 0.6 is 11.6 Å². The molecule has 0 bridgehead atoms. The summed E-state index contributed by atoms with van der Waals surface area (Å²) in [6, 6.07) is 7.62. The van der Waals surface area contributed by atoms with E-state index in [4.69, 9.17) is 11.6 Å². The number of hydrogen-bond acceptors (Lipinski definition) is 3. The minimum absolute atomic E-state index is 0.535. The second kappa shape index (κ2) is 5.08. The molecule has 1 aromatic heterocycles. The van der Waals surface area contributed by atoms with Gasteiger partial charge in [0.2, 0.25) is 0 Å². The SMILES string of the molecule is Clc1ccc(-n2cc(C3CCNCC3)nn2)cc1. The maximum absolute atomic E-state index is 5.87. The fraction of sp³-hybridized carbons (Fsp3) is 0.385. The van der Waals surface area contributed by atoms with Gasteiger partial charge in [-0.3, -0.25) is 0 Å². The molecule has 1 saturated heterocycles. The Labute approximate surface area is 111 Å². The van der Waals surface area contributed by atoms with Gasteiger partial charge < -0.3 is 5.32 Å². The van der Waals surface area contributed by atoms with Crippen LogP contribution in [0.2, 0.25) is 5.02 Å². The number of hydrogen-bond donors (Lipinski definition) is 1. The molecular weight excluding hydrogens is 248 g/mol. The van der Waals surface area contributed by atoms with Crippen LogP contribution in [-0.2, 0) is 0 Å². The van der Waals surface area contributed by atoms with Gasteiger partial charge >= 0.3 is 0 Å². The number of rotatable bonds is 2. The Morgan fingerprint density at radius 1 is 1.17 bits per heavy atom. The first-order valence-corrected chi connectivity index (χ1v) is 6.59. The van der Waals surface area contributed by atoms with Crippen LogP contribution in [0.4, 0.5) is 0 Å². The topological polar surface area (TPSA) is 42.7 Å². The third-order valence-corrected chi connectivity index (χ3v) is 3.61. The summed E-state index contributed by atoms with van der Waals surface area (Å²) in [5.74, 6) is 0.535. The standard InChI is InChI=1S/C13H15ClN4/c14-11-1-3-12(4-2-11)18-9-13(16-17-18)10-5-7-15-8-6-10/h1-4,9-10,15H,5-8H2. The number of piperidine rings is 1. The molecule has 1 aliphatic heterocycles. The Kier molecular flexibility index (Phi) is 3.30. The fourth-order valence-corrected chi connectivity index (χ4v) is 2.43. The first kappa shape index (κ1) is 11.7. The minimum atomic E-state index is 0.535. The number of benzene rings is 1. The monoisotopic (exact) mass is 262 g/mol. The molecule has 0 aliphatic carbocycles. The Bertz CT molecular complexity index is 514. The van der Waals surface area contributed by atoms with Crippen molar-refractivity contribution >= 4 is 11.6 Å². The van der Waals surface area contributed by atoms with E-state index in [9.17, 15) is 0 Å². The summed E-state index contributed by atoms with van der Waals surface area (Å²) >= 11 is 5.87. The van der Waals surface area contributed by atoms with Gasteiger partial charge in [-0.25, -0.2) is 4.68 Å². The third-order valence-electron chi connectivity index (χ3n) is 3.36. The van der Waals surface area contributed by atoms with E-state index >= 15 is 0 Å². The summed E-state index contributed by atoms with van der Waals surface area (Å²) in [5, 5.41) is 12.6. The zero-order chi connectivity index (χ0) is 12.4. The quantitative estimate of drug-likeness (QED) is 0.904. The second-order valence-corrected chi connectivity index (χ2v) is 5.03. The van der Waals surface area contributed by atoms with Crippen LogP contribution in [0.1, 0.15) is 24.5 Å². The number of aromatic nitrogens is 3. The molecule has 94 valence electrons. The van der Waals surface area contributed by atoms with Gasteiger partial charge in [0.05, 0.1) is 17.6 Å². The van der Waals surface area contributed by atoms with E-state index in [0.717, 1.165) is 42.3 Å². The van der Waals surface area contributed by atoms with Crippen molar-refractivity contribution in [1.29, 1.82) is 0 Å². The Hall–Kier alpha value is -1.39. The van der Waals surface area contributed by atoms with Crippen molar-refractivity contribution in [2.24, 2.45) is 0 Å². The largest absolute Gasteiger partial charge is 0.317 e. The molecule has 0 unspecified atom stereocenters. The highest BCUT2D eigenvalue weighted by Gasteiger charge is 2.18. The second-order valence-electron chi connectivity index (χ2n) is 4.59. The number of nitrogens with one attached hydrogen (secondary N) is 1. The summed E-state index contributed by atoms with van der Waals surface area (Å²) in [4.78, 5) is 0. The molecule has 0 spiro atoms. The molecule has 3 rings (SSSR count). The van der Waals surface area contributed by atoms with Gasteiger partial charge in [0, 0.05) is 10.9 Å². The Morgan fingerprint density at radius 3 is 2.61 bits per heavy atom. The lowest BCUT2D eigenvalue weighted by atomic mass is 9.95. The highest BCUT2D eigenvalue weighted by atomic mass is 35.5. The first-order chi connectivity index (χ1) is 8.83. The van der Waals surface area contributed by atoms with E-state index < -0.39 is 0 Å². The molecule has 1 aromatic carbocycles. The van der Waals surface area contributed by atoms with E-state index in [2.05, 4.69) is 15.6 Å². The number of nitrogens with zero attached hydrogens (tertiary/aromatic N) is 3. The van der Waals surface area contributed by atoms with Gasteiger partial charge in [0.15, 0.2) is 0 Å². The lowest BCUT2D eigenvalue weighted by Crippen LogP contribution is -2.26. The molecule has 4 nitrogen and oxygen atoms in total. The van der Waals surface area contributed by atoms with Gasteiger partial charge in [-0.15, -0.1) is 5.10 Å². The molecule has 18 heavy (non-hydrogen) atoms. The fourth-order valence-electron chi connectivity index (χ4n) is 2.30. The van der Waals surface area contributed by atoms with Crippen molar-refractivity contribution in [2.45, 2.75) is 18.8 Å². The summed E-state index contributed by atoms with van der Waals surface area (Å²) in [7, 11) is 0. The Morgan fingerprint density at radius 2 is 1.89 bits per heavy atom. The van der Waals surface area contributed by atoms with Gasteiger partial charge in [-0.05, 0) is 50.2 Å². The zero-order valence-corrected chi connectivity index (χ0v) is 10.8. The maximum atomic E-state index is 5.87. The van der Waals surface area contributed by atoms with Crippen molar-refractivity contribution in [2.75, 3.05) is 13.1 Å². The molecule has 2 heterocycles. The van der Waals surface area contributed by atoms with E-state index in [1.165, 1.54) is 0 Å². The molecule has 5 heteroatoms. The average Bonchev–Trinajstić information content (AvgIpc) is 2.90. The van der Waals surface area contributed by atoms with Crippen molar-refractivity contribution in [1.82, 2.24) is 20.3 Å². The lowest BCUT2D eigenvalue weighted by molar-refractivity contribution is 0.453. The van der Waals surface area contributed by atoms with Crippen LogP contribution in [0.15, 0.2) is 30.5 Å². The van der Waals surface area contributed by atoms with Crippen molar-refractivity contribution in [3.63, 3.8) is 0 Å². The summed E-state index contributed by atoms with van der Waals surface area (Å²) in [5.41, 5.74) is 2.08. The molecule has 0 amide bonds. The molecular formula is C13H15ClN4. The van der Waals surface area contributed by atoms with E-state index in [1.54, 1.807) is 0 Å². The molecule has 1 fully saturated rings. The first-order valence-electron chi connectivity index (χ1n) is 6.22. The zero-order valence-electron chi connectivity index (χ0n) is 10.0. The predicted octanol–water partition coefficient (Wildman–Crippen LogP) is 2.39. The summed E-state index contributed by atoms with van der Waals surface area (Å²) < 4.78 is 1.81. The number of halogens is 1. The Balaban J connectivity index is 1.82. The molecule has 0 radical (unpaired) electrons. The van der Waals surface area contributed by atoms with Crippen molar-refractivity contribution < 1.29 is 0 Å². The van der Waals surface area contributed by atoms with Crippen molar-refractivity contribution in [3.05, 3.63) is 41.2 Å². The van der Waals surface area contributed by atoms with Crippen LogP contribution in [0, 0.1) is 0 Å². The molecule has 0 saturated carbocycles. The van der Waals surface area contributed by atoms with Gasteiger partial charge in [-0.1, -0.05) is 16.8 Å². The minimum Gasteiger partial charge on any atom is -0.317 e. The predicted molar refractivity (Wildman–Crippen MR) is 71.2 cm³/mol. The van der Waals surface area contributed by atoms with Crippen LogP contribution < -0.4 is 5.32 Å². The smallest absolute Gasteiger partial charge is 0.0863 e. The summed E-state index contributed by atoms with van der Waals surface area (Å²) in [6.07, 6.45) is 4.30. The van der Waals surface area contributed by atoms with Crippen LogP contribution in [0.5, 0.6) is 0 Å². The highest BCUT2D eigenvalue weighted by Crippen LogP contribution is 2.23. The van der Waals surface area contributed by atoms with Crippen LogP contribution in [-0.4, -0.2) is 28.1 Å². The summed E-state index contributed by atoms with van der Waals surface area (Å²) in [6.45, 7) is 2.14. The van der Waals surface area contributed by atoms with E-state index in [1.807, 2.05) is 35.1 Å². The maximum Gasteiger partial charge on any atom is 0.0863 e. The lowest BCUT2D eigenvalue weighted by Gasteiger charge is -2.19. The third kappa shape index (κ3) is 2.40. The van der Waals surface area contributed by atoms with E-state index in [-0.39, 0.29) is 0 Å². The van der Waals surface area contributed by atoms with Gasteiger partial charge in [0.1, 0.15) is 0 Å². The highest BCUT2D eigenvalue weighted by molar-refractivity contribution is 6.30. The molecule has 1 N–H and O–H groups in total. The van der Waals surface area contributed by atoms with Gasteiger partial charge in [0.25, 0.3) is 0 Å². The van der Waals surface area contributed by atoms with Crippen LogP contribution in [0.25, 0.3) is 5.69 Å². The molecule has 1 aliphatic rings. The molecule has 2 aromatic rings. The normalized spacial score (nSPS) is 16.9. The average molecular weight is 263 g/mol.